The molecule has 5 heteroatoms. The molecule has 0 spiro atoms. The summed E-state index contributed by atoms with van der Waals surface area (Å²) in [4.78, 5) is 25.0. The first-order chi connectivity index (χ1) is 12.3. The minimum Gasteiger partial charge on any atom is -0.328 e. The molecular weight excluding hydrogens is 330 g/mol. The van der Waals surface area contributed by atoms with E-state index in [1.54, 1.807) is 17.7 Å². The van der Waals surface area contributed by atoms with Gasteiger partial charge in [0.25, 0.3) is 5.91 Å². The van der Waals surface area contributed by atoms with E-state index in [4.69, 9.17) is 0 Å². The molecule has 2 atom stereocenters. The number of amides is 1. The third-order valence-corrected chi connectivity index (χ3v) is 6.21. The third kappa shape index (κ3) is 2.38. The van der Waals surface area contributed by atoms with Crippen molar-refractivity contribution in [2.24, 2.45) is 0 Å². The van der Waals surface area contributed by atoms with E-state index in [0.717, 1.165) is 41.6 Å². The van der Waals surface area contributed by atoms with Gasteiger partial charge in [-0.05, 0) is 42.0 Å². The molecular formula is C20H17N3OS. The standard InChI is InChI=1S/C20H17N3OS/c24-20(14-5-3-13(4-6-14)19-2-1-9-25-19)23-15-7-8-18(23)16-11-21-12-22-17(16)10-15/h1-6,9,11-12,15,18H,7-8,10H2. The van der Waals surface area contributed by atoms with Crippen molar-refractivity contribution in [3.05, 3.63) is 71.1 Å². The second-order valence-corrected chi connectivity index (χ2v) is 7.59. The maximum atomic E-state index is 13.2. The van der Waals surface area contributed by atoms with Gasteiger partial charge in [-0.25, -0.2) is 9.97 Å². The zero-order valence-corrected chi connectivity index (χ0v) is 14.4. The number of rotatable bonds is 2. The minimum absolute atomic E-state index is 0.124. The Kier molecular flexibility index (Phi) is 3.41. The summed E-state index contributed by atoms with van der Waals surface area (Å²) in [6.45, 7) is 0. The van der Waals surface area contributed by atoms with Crippen molar-refractivity contribution in [2.45, 2.75) is 31.3 Å². The van der Waals surface area contributed by atoms with Crippen LogP contribution in [0.5, 0.6) is 0 Å². The highest BCUT2D eigenvalue weighted by atomic mass is 32.1. The zero-order valence-electron chi connectivity index (χ0n) is 13.6. The molecule has 2 aromatic heterocycles. The Labute approximate surface area is 150 Å². The van der Waals surface area contributed by atoms with E-state index in [1.165, 1.54) is 4.88 Å². The van der Waals surface area contributed by atoms with Crippen molar-refractivity contribution >= 4 is 17.2 Å². The van der Waals surface area contributed by atoms with Crippen LogP contribution in [0.3, 0.4) is 0 Å². The molecule has 5 rings (SSSR count). The molecule has 4 nitrogen and oxygen atoms in total. The number of hydrogen-bond donors (Lipinski definition) is 0. The smallest absolute Gasteiger partial charge is 0.254 e. The quantitative estimate of drug-likeness (QED) is 0.701. The fraction of sp³-hybridized carbons (Fsp3) is 0.250. The maximum absolute atomic E-state index is 13.2. The highest BCUT2D eigenvalue weighted by Gasteiger charge is 2.43. The van der Waals surface area contributed by atoms with Gasteiger partial charge in [0.1, 0.15) is 6.33 Å². The van der Waals surface area contributed by atoms with Crippen LogP contribution in [0.25, 0.3) is 10.4 Å². The Morgan fingerprint density at radius 2 is 2.04 bits per heavy atom. The molecule has 2 bridgehead atoms. The Morgan fingerprint density at radius 1 is 1.16 bits per heavy atom. The van der Waals surface area contributed by atoms with Gasteiger partial charge in [-0.1, -0.05) is 18.2 Å². The summed E-state index contributed by atoms with van der Waals surface area (Å²) in [7, 11) is 0. The van der Waals surface area contributed by atoms with Gasteiger partial charge in [0.15, 0.2) is 0 Å². The summed E-state index contributed by atoms with van der Waals surface area (Å²) in [5, 5.41) is 2.07. The topological polar surface area (TPSA) is 46.1 Å². The normalized spacial score (nSPS) is 21.2. The molecule has 0 N–H and O–H groups in total. The van der Waals surface area contributed by atoms with E-state index in [1.807, 2.05) is 36.5 Å². The average Bonchev–Trinajstić information content (AvgIpc) is 3.29. The van der Waals surface area contributed by atoms with Gasteiger partial charge in [0, 0.05) is 34.7 Å². The summed E-state index contributed by atoms with van der Waals surface area (Å²) >= 11 is 1.71. The number of benzene rings is 1. The minimum atomic E-state index is 0.124. The SMILES string of the molecule is O=C(c1ccc(-c2cccs2)cc1)N1C2CCC1c1cncnc1C2. The van der Waals surface area contributed by atoms with Gasteiger partial charge < -0.3 is 4.90 Å². The molecule has 1 amide bonds. The van der Waals surface area contributed by atoms with Gasteiger partial charge >= 0.3 is 0 Å². The highest BCUT2D eigenvalue weighted by Crippen LogP contribution is 2.43. The van der Waals surface area contributed by atoms with E-state index < -0.39 is 0 Å². The van der Waals surface area contributed by atoms with Crippen molar-refractivity contribution in [2.75, 3.05) is 0 Å². The Hall–Kier alpha value is -2.53. The molecule has 2 unspecified atom stereocenters. The number of aromatic nitrogens is 2. The predicted molar refractivity (Wildman–Crippen MR) is 97.4 cm³/mol. The summed E-state index contributed by atoms with van der Waals surface area (Å²) in [6, 6.07) is 12.5. The highest BCUT2D eigenvalue weighted by molar-refractivity contribution is 7.13. The molecule has 1 fully saturated rings. The van der Waals surface area contributed by atoms with Crippen LogP contribution < -0.4 is 0 Å². The fourth-order valence-electron chi connectivity index (χ4n) is 4.10. The Bertz CT molecular complexity index is 920. The lowest BCUT2D eigenvalue weighted by Crippen LogP contribution is -2.42. The second kappa shape index (κ2) is 5.77. The van der Waals surface area contributed by atoms with Crippen LogP contribution in [0.2, 0.25) is 0 Å². The van der Waals surface area contributed by atoms with Gasteiger partial charge in [-0.3, -0.25) is 4.79 Å². The third-order valence-electron chi connectivity index (χ3n) is 5.29. The van der Waals surface area contributed by atoms with Gasteiger partial charge in [0.2, 0.25) is 0 Å². The van der Waals surface area contributed by atoms with Crippen molar-refractivity contribution in [3.8, 4) is 10.4 Å². The lowest BCUT2D eigenvalue weighted by molar-refractivity contribution is 0.0644. The van der Waals surface area contributed by atoms with Crippen LogP contribution in [0.4, 0.5) is 0 Å². The van der Waals surface area contributed by atoms with E-state index in [-0.39, 0.29) is 18.0 Å². The molecule has 124 valence electrons. The second-order valence-electron chi connectivity index (χ2n) is 6.64. The zero-order chi connectivity index (χ0) is 16.8. The number of hydrogen-bond acceptors (Lipinski definition) is 4. The Morgan fingerprint density at radius 3 is 2.84 bits per heavy atom. The van der Waals surface area contributed by atoms with Crippen LogP contribution in [0.15, 0.2) is 54.3 Å². The Balaban J connectivity index is 1.45. The number of fused-ring (bicyclic) bond motifs is 4. The molecule has 0 radical (unpaired) electrons. The molecule has 1 aromatic carbocycles. The van der Waals surface area contributed by atoms with Crippen LogP contribution in [0, 0.1) is 0 Å². The average molecular weight is 347 g/mol. The lowest BCUT2D eigenvalue weighted by Gasteiger charge is -2.35. The van der Waals surface area contributed by atoms with E-state index in [9.17, 15) is 4.79 Å². The number of thiophene rings is 1. The monoisotopic (exact) mass is 347 g/mol. The van der Waals surface area contributed by atoms with E-state index in [0.29, 0.717) is 0 Å². The molecule has 2 aliphatic rings. The predicted octanol–water partition coefficient (Wildman–Crippen LogP) is 4.11. The van der Waals surface area contributed by atoms with Crippen LogP contribution >= 0.6 is 11.3 Å². The maximum Gasteiger partial charge on any atom is 0.254 e. The molecule has 0 saturated carbocycles. The molecule has 3 aromatic rings. The molecule has 0 aliphatic carbocycles. The van der Waals surface area contributed by atoms with Crippen molar-refractivity contribution < 1.29 is 4.79 Å². The first-order valence-corrected chi connectivity index (χ1v) is 9.44. The molecule has 4 heterocycles. The van der Waals surface area contributed by atoms with Gasteiger partial charge in [-0.2, -0.15) is 0 Å². The van der Waals surface area contributed by atoms with Crippen LogP contribution in [0.1, 0.15) is 40.5 Å². The molecule has 2 aliphatic heterocycles. The first kappa shape index (κ1) is 14.8. The first-order valence-electron chi connectivity index (χ1n) is 8.56. The number of carbonyl (C=O) groups excluding carboxylic acids is 1. The van der Waals surface area contributed by atoms with Crippen molar-refractivity contribution in [1.29, 1.82) is 0 Å². The van der Waals surface area contributed by atoms with Crippen LogP contribution in [-0.2, 0) is 6.42 Å². The number of nitrogens with zero attached hydrogens (tertiary/aromatic N) is 3. The van der Waals surface area contributed by atoms with Crippen LogP contribution in [-0.4, -0.2) is 26.8 Å². The summed E-state index contributed by atoms with van der Waals surface area (Å²) in [5.41, 5.74) is 4.16. The fourth-order valence-corrected chi connectivity index (χ4v) is 4.84. The van der Waals surface area contributed by atoms with E-state index in [2.05, 4.69) is 26.3 Å². The number of carbonyl (C=O) groups is 1. The van der Waals surface area contributed by atoms with E-state index >= 15 is 0 Å². The summed E-state index contributed by atoms with van der Waals surface area (Å²) in [5.74, 6) is 0.125. The lowest BCUT2D eigenvalue weighted by atomic mass is 9.98. The largest absolute Gasteiger partial charge is 0.328 e. The van der Waals surface area contributed by atoms with Crippen molar-refractivity contribution in [3.63, 3.8) is 0 Å². The molecule has 25 heavy (non-hydrogen) atoms. The van der Waals surface area contributed by atoms with Gasteiger partial charge in [-0.15, -0.1) is 11.3 Å². The van der Waals surface area contributed by atoms with Crippen molar-refractivity contribution in [1.82, 2.24) is 14.9 Å². The summed E-state index contributed by atoms with van der Waals surface area (Å²) < 4.78 is 0. The molecule has 1 saturated heterocycles. The summed E-state index contributed by atoms with van der Waals surface area (Å²) in [6.07, 6.45) is 6.38. The van der Waals surface area contributed by atoms with Gasteiger partial charge in [0.05, 0.1) is 11.7 Å².